The minimum Gasteiger partial charge on any atom is -0.481 e. The van der Waals surface area contributed by atoms with Crippen LogP contribution in [0, 0.1) is 0 Å². The van der Waals surface area contributed by atoms with E-state index in [4.69, 9.17) is 5.11 Å². The van der Waals surface area contributed by atoms with E-state index in [0.717, 1.165) is 24.8 Å². The van der Waals surface area contributed by atoms with Gasteiger partial charge < -0.3 is 10.2 Å². The van der Waals surface area contributed by atoms with Crippen LogP contribution in [0.2, 0.25) is 0 Å². The molecule has 0 aliphatic heterocycles. The largest absolute Gasteiger partial charge is 0.481 e. The summed E-state index contributed by atoms with van der Waals surface area (Å²) in [5, 5.41) is 19.9. The van der Waals surface area contributed by atoms with Crippen molar-refractivity contribution < 1.29 is 15.0 Å². The minimum absolute atomic E-state index is 0.182. The Morgan fingerprint density at radius 3 is 2.44 bits per heavy atom. The molecule has 1 aliphatic carbocycles. The maximum absolute atomic E-state index is 11.0. The van der Waals surface area contributed by atoms with Crippen molar-refractivity contribution in [2.75, 3.05) is 0 Å². The first-order chi connectivity index (χ1) is 8.48. The molecule has 3 nitrogen and oxygen atoms in total. The maximum atomic E-state index is 11.0. The average molecular weight is 248 g/mol. The van der Waals surface area contributed by atoms with E-state index >= 15 is 0 Å². The average Bonchev–Trinajstić information content (AvgIpc) is 2.33. The first-order valence-corrected chi connectivity index (χ1v) is 6.48. The molecule has 2 unspecified atom stereocenters. The Labute approximate surface area is 107 Å². The number of hydrogen-bond donors (Lipinski definition) is 2. The molecule has 1 aliphatic rings. The molecule has 0 bridgehead atoms. The standard InChI is InChI=1S/C15H20O3/c1-14(12-7-3-2-4-8-12)9-5-6-10-15(14,18)11-13(16)17/h2-4,7-8,18H,5-6,9-11H2,1H3,(H,16,17). The van der Waals surface area contributed by atoms with E-state index in [1.54, 1.807) is 0 Å². The van der Waals surface area contributed by atoms with Gasteiger partial charge in [0.2, 0.25) is 0 Å². The van der Waals surface area contributed by atoms with Crippen LogP contribution in [0.3, 0.4) is 0 Å². The third-order valence-corrected chi connectivity index (χ3v) is 4.40. The lowest BCUT2D eigenvalue weighted by molar-refractivity contribution is -0.149. The number of hydrogen-bond acceptors (Lipinski definition) is 2. The van der Waals surface area contributed by atoms with Gasteiger partial charge in [-0.25, -0.2) is 0 Å². The fraction of sp³-hybridized carbons (Fsp3) is 0.533. The first-order valence-electron chi connectivity index (χ1n) is 6.48. The van der Waals surface area contributed by atoms with Crippen LogP contribution in [-0.4, -0.2) is 21.8 Å². The van der Waals surface area contributed by atoms with Crippen LogP contribution in [0.5, 0.6) is 0 Å². The number of carboxylic acids is 1. The summed E-state index contributed by atoms with van der Waals surface area (Å²) >= 11 is 0. The molecule has 0 aromatic heterocycles. The zero-order valence-electron chi connectivity index (χ0n) is 10.7. The molecule has 1 aromatic rings. The van der Waals surface area contributed by atoms with Crippen LogP contribution < -0.4 is 0 Å². The van der Waals surface area contributed by atoms with Crippen molar-refractivity contribution in [1.29, 1.82) is 0 Å². The molecule has 1 aromatic carbocycles. The van der Waals surface area contributed by atoms with Crippen LogP contribution >= 0.6 is 0 Å². The smallest absolute Gasteiger partial charge is 0.306 e. The first kappa shape index (κ1) is 13.1. The number of carboxylic acid groups (broad SMARTS) is 1. The summed E-state index contributed by atoms with van der Waals surface area (Å²) < 4.78 is 0. The van der Waals surface area contributed by atoms with Gasteiger partial charge in [0.25, 0.3) is 0 Å². The second-order valence-corrected chi connectivity index (χ2v) is 5.51. The van der Waals surface area contributed by atoms with E-state index < -0.39 is 17.0 Å². The van der Waals surface area contributed by atoms with Gasteiger partial charge in [0.15, 0.2) is 0 Å². The van der Waals surface area contributed by atoms with Crippen molar-refractivity contribution in [1.82, 2.24) is 0 Å². The van der Waals surface area contributed by atoms with Gasteiger partial charge in [-0.2, -0.15) is 0 Å². The summed E-state index contributed by atoms with van der Waals surface area (Å²) in [7, 11) is 0. The Morgan fingerprint density at radius 1 is 1.22 bits per heavy atom. The lowest BCUT2D eigenvalue weighted by Crippen LogP contribution is -2.53. The molecule has 98 valence electrons. The monoisotopic (exact) mass is 248 g/mol. The molecule has 18 heavy (non-hydrogen) atoms. The van der Waals surface area contributed by atoms with E-state index in [1.807, 2.05) is 37.3 Å². The molecule has 0 spiro atoms. The van der Waals surface area contributed by atoms with Crippen molar-refractivity contribution in [2.24, 2.45) is 0 Å². The normalized spacial score (nSPS) is 32.1. The predicted molar refractivity (Wildman–Crippen MR) is 69.5 cm³/mol. The zero-order chi connectivity index (χ0) is 13.2. The summed E-state index contributed by atoms with van der Waals surface area (Å²) in [6, 6.07) is 9.79. The Morgan fingerprint density at radius 2 is 1.83 bits per heavy atom. The number of aliphatic hydroxyl groups is 1. The second-order valence-electron chi connectivity index (χ2n) is 5.51. The molecule has 2 N–H and O–H groups in total. The molecule has 3 heteroatoms. The third-order valence-electron chi connectivity index (χ3n) is 4.40. The third kappa shape index (κ3) is 2.15. The van der Waals surface area contributed by atoms with Gasteiger partial charge in [0.05, 0.1) is 12.0 Å². The van der Waals surface area contributed by atoms with Gasteiger partial charge in [-0.05, 0) is 18.4 Å². The molecule has 0 heterocycles. The second kappa shape index (κ2) is 4.73. The van der Waals surface area contributed by atoms with Crippen LogP contribution in [0.25, 0.3) is 0 Å². The summed E-state index contributed by atoms with van der Waals surface area (Å²) in [6.45, 7) is 1.99. The van der Waals surface area contributed by atoms with Gasteiger partial charge in [0, 0.05) is 5.41 Å². The van der Waals surface area contributed by atoms with E-state index in [9.17, 15) is 9.90 Å². The summed E-state index contributed by atoms with van der Waals surface area (Å²) in [4.78, 5) is 11.0. The van der Waals surface area contributed by atoms with Crippen molar-refractivity contribution >= 4 is 5.97 Å². The number of carbonyl (C=O) groups is 1. The highest BCUT2D eigenvalue weighted by Gasteiger charge is 2.50. The molecular formula is C15H20O3. The van der Waals surface area contributed by atoms with E-state index in [-0.39, 0.29) is 6.42 Å². The zero-order valence-corrected chi connectivity index (χ0v) is 10.7. The Kier molecular flexibility index (Phi) is 3.44. The molecule has 0 radical (unpaired) electrons. The van der Waals surface area contributed by atoms with Gasteiger partial charge in [0.1, 0.15) is 0 Å². The fourth-order valence-electron chi connectivity index (χ4n) is 3.16. The number of benzene rings is 1. The quantitative estimate of drug-likeness (QED) is 0.864. The molecule has 2 rings (SSSR count). The Bertz CT molecular complexity index is 429. The lowest BCUT2D eigenvalue weighted by atomic mass is 9.59. The molecule has 0 saturated heterocycles. The molecule has 0 amide bonds. The van der Waals surface area contributed by atoms with Crippen LogP contribution in [-0.2, 0) is 10.2 Å². The van der Waals surface area contributed by atoms with E-state index in [2.05, 4.69) is 0 Å². The maximum Gasteiger partial charge on any atom is 0.306 e. The van der Waals surface area contributed by atoms with Crippen molar-refractivity contribution in [3.8, 4) is 0 Å². The predicted octanol–water partition coefficient (Wildman–Crippen LogP) is 2.72. The van der Waals surface area contributed by atoms with Crippen LogP contribution in [0.4, 0.5) is 0 Å². The molecule has 2 atom stereocenters. The molecule has 1 fully saturated rings. The summed E-state index contributed by atoms with van der Waals surface area (Å²) in [6.07, 6.45) is 3.14. The topological polar surface area (TPSA) is 57.5 Å². The summed E-state index contributed by atoms with van der Waals surface area (Å²) in [5.74, 6) is -0.929. The van der Waals surface area contributed by atoms with Crippen molar-refractivity contribution in [3.05, 3.63) is 35.9 Å². The molecule has 1 saturated carbocycles. The van der Waals surface area contributed by atoms with Crippen molar-refractivity contribution in [2.45, 2.75) is 50.0 Å². The fourth-order valence-corrected chi connectivity index (χ4v) is 3.16. The Balaban J connectivity index is 2.40. The van der Waals surface area contributed by atoms with E-state index in [0.29, 0.717) is 6.42 Å². The highest BCUT2D eigenvalue weighted by Crippen LogP contribution is 2.47. The highest BCUT2D eigenvalue weighted by molar-refractivity contribution is 5.68. The Hall–Kier alpha value is -1.35. The summed E-state index contributed by atoms with van der Waals surface area (Å²) in [5.41, 5.74) is -0.572. The number of aliphatic carboxylic acids is 1. The lowest BCUT2D eigenvalue weighted by Gasteiger charge is -2.48. The molecular weight excluding hydrogens is 228 g/mol. The number of rotatable bonds is 3. The van der Waals surface area contributed by atoms with Gasteiger partial charge in [-0.1, -0.05) is 50.1 Å². The van der Waals surface area contributed by atoms with Gasteiger partial charge in [-0.3, -0.25) is 4.79 Å². The minimum atomic E-state index is -1.14. The van der Waals surface area contributed by atoms with Crippen molar-refractivity contribution in [3.63, 3.8) is 0 Å². The van der Waals surface area contributed by atoms with E-state index in [1.165, 1.54) is 0 Å². The van der Waals surface area contributed by atoms with Crippen LogP contribution in [0.1, 0.15) is 44.6 Å². The van der Waals surface area contributed by atoms with Gasteiger partial charge >= 0.3 is 5.97 Å². The highest BCUT2D eigenvalue weighted by atomic mass is 16.4. The van der Waals surface area contributed by atoms with Crippen LogP contribution in [0.15, 0.2) is 30.3 Å². The van der Waals surface area contributed by atoms with Gasteiger partial charge in [-0.15, -0.1) is 0 Å². The SMILES string of the molecule is CC1(c2ccccc2)CCCCC1(O)CC(=O)O.